The number of nitrogens with zero attached hydrogens (tertiary/aromatic N) is 1. The molecule has 1 aromatic carbocycles. The Bertz CT molecular complexity index is 459. The predicted octanol–water partition coefficient (Wildman–Crippen LogP) is 3.80. The van der Waals surface area contributed by atoms with Crippen LogP contribution in [0.25, 0.3) is 0 Å². The largest absolute Gasteiger partial charge is 0.363 e. The van der Waals surface area contributed by atoms with Gasteiger partial charge in [0.2, 0.25) is 0 Å². The van der Waals surface area contributed by atoms with Crippen LogP contribution in [0.1, 0.15) is 27.7 Å². The molecule has 1 aliphatic rings. The summed E-state index contributed by atoms with van der Waals surface area (Å²) in [4.78, 5) is 2.21. The second kappa shape index (κ2) is 5.41. The van der Waals surface area contributed by atoms with Gasteiger partial charge in [-0.15, -0.1) is 0 Å². The van der Waals surface area contributed by atoms with Gasteiger partial charge in [0.05, 0.1) is 5.69 Å². The van der Waals surface area contributed by atoms with Crippen molar-refractivity contribution in [3.05, 3.63) is 28.5 Å². The molecular weight excluding hydrogens is 307 g/mol. The van der Waals surface area contributed by atoms with Crippen LogP contribution in [-0.4, -0.2) is 24.7 Å². The minimum absolute atomic E-state index is 0.000146. The minimum Gasteiger partial charge on any atom is -0.363 e. The molecule has 0 bridgehead atoms. The van der Waals surface area contributed by atoms with Crippen molar-refractivity contribution < 1.29 is 4.39 Å². The SMILES string of the molecule is CC(C)C1CNC(C)(C)CN1c1cc(Br)ccc1F. The summed E-state index contributed by atoms with van der Waals surface area (Å²) in [6, 6.07) is 5.48. The lowest BCUT2D eigenvalue weighted by atomic mass is 9.92. The molecule has 4 heteroatoms. The third-order valence-corrected chi connectivity index (χ3v) is 4.24. The van der Waals surface area contributed by atoms with E-state index in [0.29, 0.717) is 17.6 Å². The molecular formula is C15H22BrFN2. The highest BCUT2D eigenvalue weighted by atomic mass is 79.9. The van der Waals surface area contributed by atoms with E-state index in [-0.39, 0.29) is 11.4 Å². The lowest BCUT2D eigenvalue weighted by Crippen LogP contribution is -2.63. The standard InChI is InChI=1S/C15H22BrFN2/c1-10(2)14-8-18-15(3,4)9-19(14)13-7-11(16)5-6-12(13)17/h5-7,10,14,18H,8-9H2,1-4H3. The van der Waals surface area contributed by atoms with Crippen LogP contribution in [0.15, 0.2) is 22.7 Å². The van der Waals surface area contributed by atoms with Crippen molar-refractivity contribution in [1.29, 1.82) is 0 Å². The summed E-state index contributed by atoms with van der Waals surface area (Å²) in [5.41, 5.74) is 0.697. The van der Waals surface area contributed by atoms with Crippen molar-refractivity contribution in [1.82, 2.24) is 5.32 Å². The smallest absolute Gasteiger partial charge is 0.146 e. The van der Waals surface area contributed by atoms with Crippen LogP contribution in [0.4, 0.5) is 10.1 Å². The van der Waals surface area contributed by atoms with Gasteiger partial charge >= 0.3 is 0 Å². The number of piperazine rings is 1. The van der Waals surface area contributed by atoms with E-state index in [0.717, 1.165) is 17.6 Å². The van der Waals surface area contributed by atoms with Gasteiger partial charge < -0.3 is 10.2 Å². The summed E-state index contributed by atoms with van der Waals surface area (Å²) in [6.07, 6.45) is 0. The molecule has 0 amide bonds. The molecule has 0 aromatic heterocycles. The van der Waals surface area contributed by atoms with Gasteiger partial charge in [0.1, 0.15) is 5.82 Å². The van der Waals surface area contributed by atoms with Crippen molar-refractivity contribution >= 4 is 21.6 Å². The van der Waals surface area contributed by atoms with Crippen molar-refractivity contribution in [3.63, 3.8) is 0 Å². The second-order valence-electron chi connectivity index (χ2n) is 6.30. The molecule has 1 aliphatic heterocycles. The van der Waals surface area contributed by atoms with Gasteiger partial charge in [-0.2, -0.15) is 0 Å². The van der Waals surface area contributed by atoms with E-state index in [4.69, 9.17) is 0 Å². The van der Waals surface area contributed by atoms with Gasteiger partial charge in [0.25, 0.3) is 0 Å². The minimum atomic E-state index is -0.147. The third kappa shape index (κ3) is 3.29. The van der Waals surface area contributed by atoms with Crippen LogP contribution in [0, 0.1) is 11.7 Å². The molecule has 106 valence electrons. The van der Waals surface area contributed by atoms with E-state index in [1.54, 1.807) is 6.07 Å². The fraction of sp³-hybridized carbons (Fsp3) is 0.600. The van der Waals surface area contributed by atoms with Crippen molar-refractivity contribution in [3.8, 4) is 0 Å². The molecule has 2 nitrogen and oxygen atoms in total. The summed E-state index contributed by atoms with van der Waals surface area (Å²) in [5.74, 6) is 0.327. The first-order valence-electron chi connectivity index (χ1n) is 6.77. The number of anilines is 1. The molecule has 1 heterocycles. The summed E-state index contributed by atoms with van der Waals surface area (Å²) in [5, 5.41) is 3.55. The highest BCUT2D eigenvalue weighted by molar-refractivity contribution is 9.10. The quantitative estimate of drug-likeness (QED) is 0.888. The summed E-state index contributed by atoms with van der Waals surface area (Å²) >= 11 is 3.44. The summed E-state index contributed by atoms with van der Waals surface area (Å²) in [7, 11) is 0. The molecule has 0 spiro atoms. The Morgan fingerprint density at radius 1 is 1.42 bits per heavy atom. The monoisotopic (exact) mass is 328 g/mol. The van der Waals surface area contributed by atoms with Crippen LogP contribution in [0.3, 0.4) is 0 Å². The second-order valence-corrected chi connectivity index (χ2v) is 7.22. The average molecular weight is 329 g/mol. The zero-order valence-electron chi connectivity index (χ0n) is 12.0. The highest BCUT2D eigenvalue weighted by Crippen LogP contribution is 2.31. The first kappa shape index (κ1) is 14.8. The van der Waals surface area contributed by atoms with Gasteiger partial charge in [0.15, 0.2) is 0 Å². The molecule has 1 unspecified atom stereocenters. The van der Waals surface area contributed by atoms with Gasteiger partial charge in [-0.25, -0.2) is 4.39 Å². The third-order valence-electron chi connectivity index (χ3n) is 3.74. The Labute approximate surface area is 123 Å². The lowest BCUT2D eigenvalue weighted by molar-refractivity contribution is 0.275. The maximum atomic E-state index is 14.2. The van der Waals surface area contributed by atoms with Crippen LogP contribution >= 0.6 is 15.9 Å². The zero-order valence-corrected chi connectivity index (χ0v) is 13.6. The number of rotatable bonds is 2. The topological polar surface area (TPSA) is 15.3 Å². The fourth-order valence-corrected chi connectivity index (χ4v) is 3.00. The number of benzene rings is 1. The normalized spacial score (nSPS) is 22.9. The van der Waals surface area contributed by atoms with Crippen LogP contribution in [0.2, 0.25) is 0 Å². The molecule has 0 aliphatic carbocycles. The molecule has 1 N–H and O–H groups in total. The first-order valence-corrected chi connectivity index (χ1v) is 7.56. The molecule has 1 aromatic rings. The van der Waals surface area contributed by atoms with Crippen LogP contribution < -0.4 is 10.2 Å². The Hall–Kier alpha value is -0.610. The van der Waals surface area contributed by atoms with E-state index in [1.165, 1.54) is 6.07 Å². The summed E-state index contributed by atoms with van der Waals surface area (Å²) in [6.45, 7) is 10.4. The lowest BCUT2D eigenvalue weighted by Gasteiger charge is -2.47. The number of hydrogen-bond donors (Lipinski definition) is 1. The molecule has 19 heavy (non-hydrogen) atoms. The Balaban J connectivity index is 2.39. The predicted molar refractivity (Wildman–Crippen MR) is 82.2 cm³/mol. The van der Waals surface area contributed by atoms with Crippen LogP contribution in [-0.2, 0) is 0 Å². The van der Waals surface area contributed by atoms with Gasteiger partial charge in [0, 0.05) is 29.1 Å². The Morgan fingerprint density at radius 2 is 2.11 bits per heavy atom. The maximum Gasteiger partial charge on any atom is 0.146 e. The highest BCUT2D eigenvalue weighted by Gasteiger charge is 2.35. The number of hydrogen-bond acceptors (Lipinski definition) is 2. The van der Waals surface area contributed by atoms with Gasteiger partial charge in [-0.1, -0.05) is 29.8 Å². The van der Waals surface area contributed by atoms with Crippen molar-refractivity contribution in [2.45, 2.75) is 39.3 Å². The average Bonchev–Trinajstić information content (AvgIpc) is 2.30. The van der Waals surface area contributed by atoms with E-state index >= 15 is 0 Å². The van der Waals surface area contributed by atoms with E-state index in [2.05, 4.69) is 53.8 Å². The zero-order chi connectivity index (χ0) is 14.2. The van der Waals surface area contributed by atoms with Crippen molar-refractivity contribution in [2.75, 3.05) is 18.0 Å². The van der Waals surface area contributed by atoms with E-state index < -0.39 is 0 Å². The van der Waals surface area contributed by atoms with Gasteiger partial charge in [-0.3, -0.25) is 0 Å². The molecule has 2 rings (SSSR count). The maximum absolute atomic E-state index is 14.2. The Kier molecular flexibility index (Phi) is 4.21. The first-order chi connectivity index (χ1) is 8.80. The van der Waals surface area contributed by atoms with Gasteiger partial charge in [-0.05, 0) is 38.0 Å². The van der Waals surface area contributed by atoms with Crippen molar-refractivity contribution in [2.24, 2.45) is 5.92 Å². The molecule has 1 fully saturated rings. The molecule has 1 atom stereocenters. The number of halogens is 2. The number of nitrogens with one attached hydrogen (secondary N) is 1. The van der Waals surface area contributed by atoms with Crippen LogP contribution in [0.5, 0.6) is 0 Å². The summed E-state index contributed by atoms with van der Waals surface area (Å²) < 4.78 is 15.1. The Morgan fingerprint density at radius 3 is 2.74 bits per heavy atom. The molecule has 0 radical (unpaired) electrons. The fourth-order valence-electron chi connectivity index (χ4n) is 2.66. The van der Waals surface area contributed by atoms with E-state index in [1.807, 2.05) is 6.07 Å². The molecule has 1 saturated heterocycles. The molecule has 0 saturated carbocycles. The van der Waals surface area contributed by atoms with E-state index in [9.17, 15) is 4.39 Å².